The highest BCUT2D eigenvalue weighted by Crippen LogP contribution is 2.21. The van der Waals surface area contributed by atoms with Crippen LogP contribution in [0.5, 0.6) is 0 Å². The van der Waals surface area contributed by atoms with Crippen molar-refractivity contribution in [3.05, 3.63) is 70.7 Å². The lowest BCUT2D eigenvalue weighted by molar-refractivity contribution is -0.121. The van der Waals surface area contributed by atoms with Gasteiger partial charge in [0.15, 0.2) is 0 Å². The Labute approximate surface area is 140 Å². The minimum atomic E-state index is -0.363. The predicted molar refractivity (Wildman–Crippen MR) is 89.9 cm³/mol. The summed E-state index contributed by atoms with van der Waals surface area (Å²) in [7, 11) is 0. The van der Waals surface area contributed by atoms with E-state index in [1.807, 2.05) is 31.2 Å². The zero-order valence-electron chi connectivity index (χ0n) is 12.7. The van der Waals surface area contributed by atoms with Gasteiger partial charge < -0.3 is 5.32 Å². The van der Waals surface area contributed by atoms with Gasteiger partial charge in [-0.1, -0.05) is 48.0 Å². The lowest BCUT2D eigenvalue weighted by Gasteiger charge is -2.15. The molecule has 0 aromatic heterocycles. The molecule has 0 spiro atoms. The number of carbonyl (C=O) groups is 2. The van der Waals surface area contributed by atoms with Gasteiger partial charge in [-0.05, 0) is 30.7 Å². The first-order chi connectivity index (χ1) is 11.1. The van der Waals surface area contributed by atoms with Crippen LogP contribution in [0.25, 0.3) is 0 Å². The third-order valence-electron chi connectivity index (χ3n) is 3.29. The van der Waals surface area contributed by atoms with Crippen LogP contribution in [-0.4, -0.2) is 18.4 Å². The first kappa shape index (κ1) is 17.0. The number of amides is 2. The quantitative estimate of drug-likeness (QED) is 0.737. The zero-order chi connectivity index (χ0) is 16.7. The molecule has 3 N–H and O–H groups in total. The second-order valence-corrected chi connectivity index (χ2v) is 5.40. The zero-order valence-corrected chi connectivity index (χ0v) is 13.4. The van der Waals surface area contributed by atoms with E-state index in [1.165, 1.54) is 0 Å². The fourth-order valence-corrected chi connectivity index (χ4v) is 2.31. The molecule has 1 atom stereocenters. The van der Waals surface area contributed by atoms with Crippen molar-refractivity contribution < 1.29 is 9.59 Å². The molecule has 0 saturated heterocycles. The first-order valence-corrected chi connectivity index (χ1v) is 7.58. The maximum Gasteiger partial charge on any atom is 0.269 e. The Kier molecular flexibility index (Phi) is 6.14. The SMILES string of the molecule is C[C@@H](NCC(=O)NNC(=O)c1ccccc1)c1ccccc1Cl. The molecule has 0 aliphatic rings. The average Bonchev–Trinajstić information content (AvgIpc) is 2.58. The van der Waals surface area contributed by atoms with Gasteiger partial charge in [0.05, 0.1) is 6.54 Å². The topological polar surface area (TPSA) is 70.2 Å². The minimum Gasteiger partial charge on any atom is -0.302 e. The normalized spacial score (nSPS) is 11.6. The van der Waals surface area contributed by atoms with Gasteiger partial charge >= 0.3 is 0 Å². The Hall–Kier alpha value is -2.37. The minimum absolute atomic E-state index is 0.0570. The summed E-state index contributed by atoms with van der Waals surface area (Å²) in [5, 5.41) is 3.70. The molecule has 0 radical (unpaired) electrons. The largest absolute Gasteiger partial charge is 0.302 e. The fourth-order valence-electron chi connectivity index (χ4n) is 2.01. The van der Waals surface area contributed by atoms with Crippen LogP contribution in [0.4, 0.5) is 0 Å². The summed E-state index contributed by atoms with van der Waals surface area (Å²) in [6, 6.07) is 16.0. The second-order valence-electron chi connectivity index (χ2n) is 4.99. The van der Waals surface area contributed by atoms with Gasteiger partial charge in [0, 0.05) is 16.6 Å². The summed E-state index contributed by atoms with van der Waals surface area (Å²) in [6.07, 6.45) is 0. The summed E-state index contributed by atoms with van der Waals surface area (Å²) < 4.78 is 0. The van der Waals surface area contributed by atoms with Crippen molar-refractivity contribution in [3.8, 4) is 0 Å². The number of benzene rings is 2. The smallest absolute Gasteiger partial charge is 0.269 e. The highest BCUT2D eigenvalue weighted by Gasteiger charge is 2.11. The van der Waals surface area contributed by atoms with Crippen molar-refractivity contribution in [1.29, 1.82) is 0 Å². The summed E-state index contributed by atoms with van der Waals surface area (Å²) in [6.45, 7) is 1.97. The predicted octanol–water partition coefficient (Wildman–Crippen LogP) is 2.45. The number of hydrogen-bond acceptors (Lipinski definition) is 3. The van der Waals surface area contributed by atoms with Crippen molar-refractivity contribution in [2.24, 2.45) is 0 Å². The van der Waals surface area contributed by atoms with E-state index < -0.39 is 0 Å². The summed E-state index contributed by atoms with van der Waals surface area (Å²) in [5.41, 5.74) is 6.13. The molecule has 6 heteroatoms. The highest BCUT2D eigenvalue weighted by atomic mass is 35.5. The molecule has 5 nitrogen and oxygen atoms in total. The molecule has 0 saturated carbocycles. The van der Waals surface area contributed by atoms with Crippen molar-refractivity contribution in [1.82, 2.24) is 16.2 Å². The molecule has 0 aliphatic heterocycles. The number of halogens is 1. The fraction of sp³-hybridized carbons (Fsp3) is 0.176. The lowest BCUT2D eigenvalue weighted by Crippen LogP contribution is -2.45. The van der Waals surface area contributed by atoms with E-state index >= 15 is 0 Å². The first-order valence-electron chi connectivity index (χ1n) is 7.20. The van der Waals surface area contributed by atoms with E-state index in [4.69, 9.17) is 11.6 Å². The molecule has 2 rings (SSSR count). The number of nitrogens with one attached hydrogen (secondary N) is 3. The van der Waals surface area contributed by atoms with Crippen molar-refractivity contribution >= 4 is 23.4 Å². The van der Waals surface area contributed by atoms with Crippen LogP contribution >= 0.6 is 11.6 Å². The Morgan fingerprint density at radius 1 is 1.00 bits per heavy atom. The van der Waals surface area contributed by atoms with Crippen molar-refractivity contribution in [2.45, 2.75) is 13.0 Å². The van der Waals surface area contributed by atoms with Gasteiger partial charge in [-0.25, -0.2) is 0 Å². The van der Waals surface area contributed by atoms with Crippen LogP contribution in [0, 0.1) is 0 Å². The molecule has 2 aromatic rings. The van der Waals surface area contributed by atoms with Crippen LogP contribution < -0.4 is 16.2 Å². The van der Waals surface area contributed by atoms with Crippen LogP contribution in [-0.2, 0) is 4.79 Å². The summed E-state index contributed by atoms with van der Waals surface area (Å²) in [5.74, 6) is -0.703. The molecular formula is C17H18ClN3O2. The van der Waals surface area contributed by atoms with Gasteiger partial charge in [0.1, 0.15) is 0 Å². The molecule has 0 bridgehead atoms. The number of carbonyl (C=O) groups excluding carboxylic acids is 2. The van der Waals surface area contributed by atoms with E-state index in [9.17, 15) is 9.59 Å². The monoisotopic (exact) mass is 331 g/mol. The lowest BCUT2D eigenvalue weighted by atomic mass is 10.1. The molecular weight excluding hydrogens is 314 g/mol. The van der Waals surface area contributed by atoms with E-state index in [0.717, 1.165) is 5.56 Å². The summed E-state index contributed by atoms with van der Waals surface area (Å²) >= 11 is 6.11. The molecule has 2 amide bonds. The van der Waals surface area contributed by atoms with E-state index in [2.05, 4.69) is 16.2 Å². The maximum absolute atomic E-state index is 11.8. The molecule has 120 valence electrons. The van der Waals surface area contributed by atoms with Crippen LogP contribution in [0.2, 0.25) is 5.02 Å². The van der Waals surface area contributed by atoms with Gasteiger partial charge in [0.25, 0.3) is 11.8 Å². The Balaban J connectivity index is 1.77. The van der Waals surface area contributed by atoms with Gasteiger partial charge in [-0.3, -0.25) is 20.4 Å². The van der Waals surface area contributed by atoms with Crippen LogP contribution in [0.1, 0.15) is 28.9 Å². The third kappa shape index (κ3) is 5.09. The molecule has 0 heterocycles. The van der Waals surface area contributed by atoms with Crippen molar-refractivity contribution in [2.75, 3.05) is 6.54 Å². The number of hydrogen-bond donors (Lipinski definition) is 3. The van der Waals surface area contributed by atoms with Crippen LogP contribution in [0.3, 0.4) is 0 Å². The maximum atomic E-state index is 11.8. The van der Waals surface area contributed by atoms with E-state index in [-0.39, 0.29) is 24.4 Å². The van der Waals surface area contributed by atoms with E-state index in [0.29, 0.717) is 10.6 Å². The standard InChI is InChI=1S/C17H18ClN3O2/c1-12(14-9-5-6-10-15(14)18)19-11-16(22)20-21-17(23)13-7-3-2-4-8-13/h2-10,12,19H,11H2,1H3,(H,20,22)(H,21,23)/t12-/m1/s1. The molecule has 0 fully saturated rings. The average molecular weight is 332 g/mol. The molecule has 23 heavy (non-hydrogen) atoms. The van der Waals surface area contributed by atoms with E-state index in [1.54, 1.807) is 30.3 Å². The summed E-state index contributed by atoms with van der Waals surface area (Å²) in [4.78, 5) is 23.6. The molecule has 0 unspecified atom stereocenters. The Morgan fingerprint density at radius 3 is 2.35 bits per heavy atom. The van der Waals surface area contributed by atoms with Gasteiger partial charge in [0.2, 0.25) is 0 Å². The molecule has 2 aromatic carbocycles. The molecule has 0 aliphatic carbocycles. The van der Waals surface area contributed by atoms with Crippen molar-refractivity contribution in [3.63, 3.8) is 0 Å². The number of rotatable bonds is 5. The number of hydrazine groups is 1. The highest BCUT2D eigenvalue weighted by molar-refractivity contribution is 6.31. The Morgan fingerprint density at radius 2 is 1.65 bits per heavy atom. The third-order valence-corrected chi connectivity index (χ3v) is 3.64. The van der Waals surface area contributed by atoms with Gasteiger partial charge in [-0.15, -0.1) is 0 Å². The second kappa shape index (κ2) is 8.31. The Bertz CT molecular complexity index is 677. The van der Waals surface area contributed by atoms with Gasteiger partial charge in [-0.2, -0.15) is 0 Å². The van der Waals surface area contributed by atoms with Crippen LogP contribution in [0.15, 0.2) is 54.6 Å².